The third-order valence-electron chi connectivity index (χ3n) is 5.45. The Labute approximate surface area is 177 Å². The Kier molecular flexibility index (Phi) is 6.27. The molecule has 158 valence electrons. The highest BCUT2D eigenvalue weighted by Gasteiger charge is 2.46. The van der Waals surface area contributed by atoms with E-state index in [2.05, 4.69) is 0 Å². The van der Waals surface area contributed by atoms with Gasteiger partial charge in [-0.25, -0.2) is 0 Å². The van der Waals surface area contributed by atoms with Crippen LogP contribution in [0.25, 0.3) is 5.76 Å². The third-order valence-corrected chi connectivity index (χ3v) is 5.45. The second-order valence-corrected chi connectivity index (χ2v) is 8.04. The molecule has 2 N–H and O–H groups in total. The van der Waals surface area contributed by atoms with Crippen LogP contribution >= 0.6 is 0 Å². The molecule has 1 atom stereocenters. The molecule has 1 aliphatic heterocycles. The Morgan fingerprint density at radius 1 is 1.10 bits per heavy atom. The van der Waals surface area contributed by atoms with E-state index in [-0.39, 0.29) is 11.3 Å². The lowest BCUT2D eigenvalue weighted by Gasteiger charge is -2.25. The summed E-state index contributed by atoms with van der Waals surface area (Å²) < 4.78 is 5.29. The van der Waals surface area contributed by atoms with Gasteiger partial charge in [0.15, 0.2) is 0 Å². The van der Waals surface area contributed by atoms with Crippen molar-refractivity contribution in [3.05, 3.63) is 70.3 Å². The average Bonchev–Trinajstić information content (AvgIpc) is 2.96. The number of aryl methyl sites for hydroxylation is 2. The van der Waals surface area contributed by atoms with Gasteiger partial charge in [0.25, 0.3) is 11.7 Å². The van der Waals surface area contributed by atoms with Gasteiger partial charge in [-0.2, -0.15) is 0 Å². The Balaban J connectivity index is 2.14. The van der Waals surface area contributed by atoms with Gasteiger partial charge >= 0.3 is 0 Å². The fourth-order valence-corrected chi connectivity index (χ4v) is 3.73. The summed E-state index contributed by atoms with van der Waals surface area (Å²) in [6.45, 7) is 4.96. The lowest BCUT2D eigenvalue weighted by Crippen LogP contribution is -3.06. The Morgan fingerprint density at radius 3 is 2.33 bits per heavy atom. The number of hydrogen-bond donors (Lipinski definition) is 2. The number of methoxy groups -OCH3 is 1. The molecule has 1 aliphatic rings. The highest BCUT2D eigenvalue weighted by Crippen LogP contribution is 2.39. The molecule has 0 aliphatic carbocycles. The lowest BCUT2D eigenvalue weighted by molar-refractivity contribution is -0.857. The summed E-state index contributed by atoms with van der Waals surface area (Å²) >= 11 is 0. The van der Waals surface area contributed by atoms with Gasteiger partial charge in [-0.1, -0.05) is 29.8 Å². The Hall–Kier alpha value is -3.12. The number of nitrogens with zero attached hydrogens (tertiary/aromatic N) is 1. The molecule has 0 spiro atoms. The smallest absolute Gasteiger partial charge is 0.295 e. The van der Waals surface area contributed by atoms with Gasteiger partial charge in [0, 0.05) is 5.56 Å². The number of amides is 1. The maximum Gasteiger partial charge on any atom is 0.295 e. The van der Waals surface area contributed by atoms with Crippen molar-refractivity contribution in [3.8, 4) is 5.75 Å². The van der Waals surface area contributed by atoms with E-state index in [1.807, 2.05) is 52.2 Å². The fraction of sp³-hybridized carbons (Fsp3) is 0.333. The average molecular weight is 410 g/mol. The number of likely N-dealkylation sites (N-methyl/N-ethyl adjacent to an activating group) is 1. The summed E-state index contributed by atoms with van der Waals surface area (Å²) in [4.78, 5) is 28.6. The Bertz CT molecular complexity index is 993. The molecule has 1 amide bonds. The summed E-state index contributed by atoms with van der Waals surface area (Å²) in [7, 11) is 5.58. The predicted molar refractivity (Wildman–Crippen MR) is 116 cm³/mol. The number of rotatable bonds is 6. The van der Waals surface area contributed by atoms with Crippen LogP contribution in [0.1, 0.15) is 28.3 Å². The quantitative estimate of drug-likeness (QED) is 0.434. The molecule has 0 aromatic heterocycles. The number of quaternary nitrogens is 1. The monoisotopic (exact) mass is 409 g/mol. The molecule has 2 aromatic rings. The molecule has 0 unspecified atom stereocenters. The predicted octanol–water partition coefficient (Wildman–Crippen LogP) is 1.88. The van der Waals surface area contributed by atoms with Crippen LogP contribution in [0, 0.1) is 13.8 Å². The zero-order valence-corrected chi connectivity index (χ0v) is 18.2. The molecular formula is C24H29N2O4+. The number of likely N-dealkylation sites (tertiary alicyclic amines) is 1. The molecule has 6 heteroatoms. The van der Waals surface area contributed by atoms with Gasteiger partial charge in [0.1, 0.15) is 11.5 Å². The molecule has 6 nitrogen and oxygen atoms in total. The van der Waals surface area contributed by atoms with Crippen molar-refractivity contribution in [2.45, 2.75) is 19.9 Å². The molecule has 2 aromatic carbocycles. The van der Waals surface area contributed by atoms with Gasteiger partial charge in [-0.05, 0) is 43.2 Å². The first-order chi connectivity index (χ1) is 14.2. The third kappa shape index (κ3) is 4.09. The Morgan fingerprint density at radius 2 is 1.77 bits per heavy atom. The number of carbonyl (C=O) groups excluding carboxylic acids is 2. The van der Waals surface area contributed by atoms with Crippen LogP contribution in [-0.4, -0.2) is 56.0 Å². The maximum absolute atomic E-state index is 13.0. The van der Waals surface area contributed by atoms with E-state index in [4.69, 9.17) is 4.74 Å². The zero-order chi connectivity index (χ0) is 22.0. The molecule has 30 heavy (non-hydrogen) atoms. The summed E-state index contributed by atoms with van der Waals surface area (Å²) in [5, 5.41) is 11.1. The first kappa shape index (κ1) is 21.6. The zero-order valence-electron chi connectivity index (χ0n) is 18.2. The second-order valence-electron chi connectivity index (χ2n) is 8.04. The number of hydrogen-bond acceptors (Lipinski definition) is 4. The lowest BCUT2D eigenvalue weighted by atomic mass is 9.94. The standard InChI is InChI=1S/C24H28N2O4/c1-15-6-8-17(9-7-15)21-20(23(28)24(29)26(21)13-12-25(3)4)22(27)18-10-11-19(30-5)16(2)14-18/h6-11,14,21,27H,12-13H2,1-5H3/p+1/t21-/m0/s1. The van der Waals surface area contributed by atoms with Crippen molar-refractivity contribution in [1.82, 2.24) is 4.90 Å². The highest BCUT2D eigenvalue weighted by molar-refractivity contribution is 6.46. The summed E-state index contributed by atoms with van der Waals surface area (Å²) in [5.41, 5.74) is 3.34. The summed E-state index contributed by atoms with van der Waals surface area (Å²) in [6.07, 6.45) is 0. The first-order valence-electron chi connectivity index (χ1n) is 10.0. The molecule has 1 fully saturated rings. The summed E-state index contributed by atoms with van der Waals surface area (Å²) in [5.74, 6) is -0.700. The molecule has 1 saturated heterocycles. The van der Waals surface area contributed by atoms with E-state index in [9.17, 15) is 14.7 Å². The molecule has 3 rings (SSSR count). The van der Waals surface area contributed by atoms with Crippen molar-refractivity contribution in [3.63, 3.8) is 0 Å². The van der Waals surface area contributed by atoms with Gasteiger partial charge in [0.05, 0.1) is 45.9 Å². The van der Waals surface area contributed by atoms with Crippen molar-refractivity contribution in [2.75, 3.05) is 34.3 Å². The van der Waals surface area contributed by atoms with Crippen molar-refractivity contribution in [1.29, 1.82) is 0 Å². The van der Waals surface area contributed by atoms with Crippen LogP contribution in [0.15, 0.2) is 48.0 Å². The number of aliphatic hydroxyl groups excluding tert-OH is 1. The van der Waals surface area contributed by atoms with Crippen LogP contribution in [0.3, 0.4) is 0 Å². The van der Waals surface area contributed by atoms with E-state index in [0.29, 0.717) is 24.4 Å². The van der Waals surface area contributed by atoms with E-state index >= 15 is 0 Å². The van der Waals surface area contributed by atoms with Crippen molar-refractivity contribution >= 4 is 17.4 Å². The molecule has 1 heterocycles. The minimum atomic E-state index is -0.652. The van der Waals surface area contributed by atoms with Gasteiger partial charge in [-0.15, -0.1) is 0 Å². The van der Waals surface area contributed by atoms with E-state index in [1.54, 1.807) is 30.2 Å². The van der Waals surface area contributed by atoms with Crippen LogP contribution in [0.2, 0.25) is 0 Å². The molecule has 0 saturated carbocycles. The van der Waals surface area contributed by atoms with Crippen LogP contribution in [0.4, 0.5) is 0 Å². The topological polar surface area (TPSA) is 71.3 Å². The van der Waals surface area contributed by atoms with E-state index in [1.165, 1.54) is 4.90 Å². The molecule has 0 radical (unpaired) electrons. The van der Waals surface area contributed by atoms with E-state index in [0.717, 1.165) is 16.7 Å². The van der Waals surface area contributed by atoms with Crippen LogP contribution in [0.5, 0.6) is 5.75 Å². The molecule has 0 bridgehead atoms. The number of nitrogens with one attached hydrogen (secondary N) is 1. The van der Waals surface area contributed by atoms with Crippen LogP contribution < -0.4 is 9.64 Å². The maximum atomic E-state index is 13.0. The first-order valence-corrected chi connectivity index (χ1v) is 10.0. The largest absolute Gasteiger partial charge is 0.507 e. The van der Waals surface area contributed by atoms with Gasteiger partial charge < -0.3 is 19.6 Å². The number of ketones is 1. The second kappa shape index (κ2) is 8.71. The van der Waals surface area contributed by atoms with Gasteiger partial charge in [-0.3, -0.25) is 9.59 Å². The number of Topliss-reactive ketones (excluding diaryl/α,β-unsaturated/α-hetero) is 1. The normalized spacial score (nSPS) is 18.3. The number of ether oxygens (including phenoxy) is 1. The van der Waals surface area contributed by atoms with Gasteiger partial charge in [0.2, 0.25) is 0 Å². The van der Waals surface area contributed by atoms with Crippen LogP contribution in [-0.2, 0) is 9.59 Å². The number of aliphatic hydroxyl groups is 1. The van der Waals surface area contributed by atoms with Crippen molar-refractivity contribution < 1.29 is 24.3 Å². The fourth-order valence-electron chi connectivity index (χ4n) is 3.73. The summed E-state index contributed by atoms with van der Waals surface area (Å²) in [6, 6.07) is 12.3. The minimum absolute atomic E-state index is 0.127. The number of benzene rings is 2. The molecular weight excluding hydrogens is 380 g/mol. The highest BCUT2D eigenvalue weighted by atomic mass is 16.5. The number of carbonyl (C=O) groups is 2. The van der Waals surface area contributed by atoms with Crippen molar-refractivity contribution in [2.24, 2.45) is 0 Å². The van der Waals surface area contributed by atoms with E-state index < -0.39 is 17.7 Å². The minimum Gasteiger partial charge on any atom is -0.507 e. The SMILES string of the molecule is COc1ccc(C(O)=C2C(=O)C(=O)N(CC[NH+](C)C)[C@H]2c2ccc(C)cc2)cc1C.